The monoisotopic (exact) mass is 178 g/mol. The molecule has 1 rings (SSSR count). The van der Waals surface area contributed by atoms with Crippen LogP contribution in [0.5, 0.6) is 0 Å². The second-order valence-electron chi connectivity index (χ2n) is 1.71. The Bertz CT molecular complexity index is 313. The van der Waals surface area contributed by atoms with Crippen LogP contribution in [0.1, 0.15) is 0 Å². The zero-order chi connectivity index (χ0) is 8.48. The first kappa shape index (κ1) is 8.02. The summed E-state index contributed by atoms with van der Waals surface area (Å²) in [6.45, 7) is -0.638. The molecule has 0 aliphatic carbocycles. The van der Waals surface area contributed by atoms with E-state index >= 15 is 0 Å². The van der Waals surface area contributed by atoms with Crippen molar-refractivity contribution >= 4 is 16.2 Å². The summed E-state index contributed by atoms with van der Waals surface area (Å²) in [5.41, 5.74) is 0. The third kappa shape index (κ3) is 1.92. The van der Waals surface area contributed by atoms with E-state index in [0.717, 1.165) is 6.08 Å². The summed E-state index contributed by atoms with van der Waals surface area (Å²) in [7, 11) is -4.15. The Hall–Kier alpha value is -1.08. The first-order valence-electron chi connectivity index (χ1n) is 2.56. The molecule has 1 aliphatic heterocycles. The Balaban J connectivity index is 3.03. The highest BCUT2D eigenvalue weighted by Crippen LogP contribution is 2.09. The van der Waals surface area contributed by atoms with E-state index in [1.54, 1.807) is 0 Å². The summed E-state index contributed by atoms with van der Waals surface area (Å²) in [6, 6.07) is 0. The molecule has 0 radical (unpaired) electrons. The molecule has 11 heavy (non-hydrogen) atoms. The van der Waals surface area contributed by atoms with E-state index in [9.17, 15) is 13.5 Å². The number of hydrogen-bond donors (Lipinski definition) is 1. The highest BCUT2D eigenvalue weighted by atomic mass is 32.2. The van der Waals surface area contributed by atoms with Crippen molar-refractivity contribution in [1.29, 1.82) is 0 Å². The van der Waals surface area contributed by atoms with E-state index in [4.69, 9.17) is 5.11 Å². The lowest BCUT2D eigenvalue weighted by atomic mass is 10.4. The molecule has 0 saturated carbocycles. The molecule has 7 heteroatoms. The van der Waals surface area contributed by atoms with E-state index in [1.165, 1.54) is 0 Å². The lowest BCUT2D eigenvalue weighted by Gasteiger charge is -2.13. The van der Waals surface area contributed by atoms with Crippen LogP contribution in [0.15, 0.2) is 16.2 Å². The van der Waals surface area contributed by atoms with Crippen LogP contribution in [0.2, 0.25) is 0 Å². The third-order valence-corrected chi connectivity index (χ3v) is 1.68. The van der Waals surface area contributed by atoms with Crippen molar-refractivity contribution in [3.8, 4) is 0 Å². The Morgan fingerprint density at radius 3 is 2.82 bits per heavy atom. The third-order valence-electron chi connectivity index (χ3n) is 0.854. The van der Waals surface area contributed by atoms with Gasteiger partial charge < -0.3 is 14.4 Å². The van der Waals surface area contributed by atoms with Gasteiger partial charge in [0.05, 0.1) is 0 Å². The standard InChI is InChI=1S/C4H5NO5S/c6-2-3-1-4(7)5-11(8,9)10-3/h1,6H,2H2,(H,5,7)/p-1. The molecular weight excluding hydrogens is 174 g/mol. The van der Waals surface area contributed by atoms with Gasteiger partial charge in [0.2, 0.25) is 0 Å². The summed E-state index contributed by atoms with van der Waals surface area (Å²) in [5.74, 6) is -1.26. The Labute approximate surface area is 62.7 Å². The minimum absolute atomic E-state index is 0.315. The average molecular weight is 178 g/mol. The van der Waals surface area contributed by atoms with E-state index < -0.39 is 22.8 Å². The quantitative estimate of drug-likeness (QED) is 0.495. The molecule has 0 fully saturated rings. The van der Waals surface area contributed by atoms with Crippen LogP contribution in [0, 0.1) is 0 Å². The molecule has 0 amide bonds. The maximum Gasteiger partial charge on any atom is 0.427 e. The van der Waals surface area contributed by atoms with Gasteiger partial charge in [0.1, 0.15) is 12.4 Å². The normalized spacial score (nSPS) is 21.5. The van der Waals surface area contributed by atoms with Crippen LogP contribution in [-0.2, 0) is 14.5 Å². The maximum absolute atomic E-state index is 10.5. The molecule has 1 N–H and O–H groups in total. The minimum Gasteiger partial charge on any atom is -0.858 e. The fourth-order valence-electron chi connectivity index (χ4n) is 0.524. The molecule has 1 aliphatic rings. The van der Waals surface area contributed by atoms with Crippen molar-refractivity contribution in [2.45, 2.75) is 0 Å². The summed E-state index contributed by atoms with van der Waals surface area (Å²) in [5, 5.41) is 18.8. The minimum atomic E-state index is -4.15. The number of hydrogen-bond acceptors (Lipinski definition) is 5. The molecule has 0 atom stereocenters. The fraction of sp³-hybridized carbons (Fsp3) is 0.250. The highest BCUT2D eigenvalue weighted by molar-refractivity contribution is 7.85. The first-order chi connectivity index (χ1) is 5.03. The predicted octanol–water partition coefficient (Wildman–Crippen LogP) is -2.10. The van der Waals surface area contributed by atoms with Gasteiger partial charge in [0.15, 0.2) is 0 Å². The van der Waals surface area contributed by atoms with E-state index in [0.29, 0.717) is 0 Å². The van der Waals surface area contributed by atoms with Crippen molar-refractivity contribution in [3.63, 3.8) is 0 Å². The molecule has 6 nitrogen and oxygen atoms in total. The van der Waals surface area contributed by atoms with Crippen LogP contribution < -0.4 is 5.11 Å². The van der Waals surface area contributed by atoms with Gasteiger partial charge in [-0.05, 0) is 6.08 Å². The number of aliphatic hydroxyl groups is 1. The summed E-state index contributed by atoms with van der Waals surface area (Å²) in [6.07, 6.45) is 0.807. The zero-order valence-corrected chi connectivity index (χ0v) is 6.04. The van der Waals surface area contributed by atoms with Gasteiger partial charge in [-0.25, -0.2) is 0 Å². The van der Waals surface area contributed by atoms with Crippen molar-refractivity contribution in [2.75, 3.05) is 6.61 Å². The molecule has 62 valence electrons. The molecule has 0 unspecified atom stereocenters. The Morgan fingerprint density at radius 1 is 1.73 bits per heavy atom. The van der Waals surface area contributed by atoms with E-state index in [1.807, 2.05) is 0 Å². The number of aliphatic hydroxyl groups excluding tert-OH is 1. The van der Waals surface area contributed by atoms with Crippen molar-refractivity contribution in [3.05, 3.63) is 11.8 Å². The summed E-state index contributed by atoms with van der Waals surface area (Å²) < 4.78 is 27.7. The van der Waals surface area contributed by atoms with Crippen LogP contribution in [0.4, 0.5) is 0 Å². The molecule has 1 heterocycles. The van der Waals surface area contributed by atoms with Crippen LogP contribution in [-0.4, -0.2) is 26.0 Å². The molecule has 0 aromatic heterocycles. The molecule has 0 saturated heterocycles. The Kier molecular flexibility index (Phi) is 1.83. The lowest BCUT2D eigenvalue weighted by molar-refractivity contribution is -0.211. The second-order valence-corrected chi connectivity index (χ2v) is 2.91. The molecular formula is C4H4NO5S-. The van der Waals surface area contributed by atoms with E-state index in [-0.39, 0.29) is 5.76 Å². The topological polar surface area (TPSA) is 99.0 Å². The molecule has 0 aromatic carbocycles. The number of rotatable bonds is 1. The smallest absolute Gasteiger partial charge is 0.427 e. The van der Waals surface area contributed by atoms with Gasteiger partial charge in [-0.1, -0.05) is 0 Å². The first-order valence-corrected chi connectivity index (χ1v) is 3.93. The number of nitrogens with zero attached hydrogens (tertiary/aromatic N) is 1. The van der Waals surface area contributed by atoms with Gasteiger partial charge in [0.25, 0.3) is 0 Å². The van der Waals surface area contributed by atoms with Gasteiger partial charge in [-0.15, -0.1) is 4.40 Å². The van der Waals surface area contributed by atoms with Gasteiger partial charge in [0, 0.05) is 5.90 Å². The largest absolute Gasteiger partial charge is 0.858 e. The van der Waals surface area contributed by atoms with Crippen molar-refractivity contribution < 1.29 is 22.8 Å². The summed E-state index contributed by atoms with van der Waals surface area (Å²) in [4.78, 5) is 0. The van der Waals surface area contributed by atoms with Crippen LogP contribution in [0.3, 0.4) is 0 Å². The maximum atomic E-state index is 10.5. The average Bonchev–Trinajstić information content (AvgIpc) is 1.83. The fourth-order valence-corrected chi connectivity index (χ4v) is 1.21. The van der Waals surface area contributed by atoms with Crippen LogP contribution in [0.25, 0.3) is 0 Å². The SMILES string of the molecule is O=S1(=O)N=C([O-])C=C(CO)O1. The van der Waals surface area contributed by atoms with Gasteiger partial charge in [-0.3, -0.25) is 0 Å². The molecule has 0 aromatic rings. The van der Waals surface area contributed by atoms with Gasteiger partial charge >= 0.3 is 10.3 Å². The predicted molar refractivity (Wildman–Crippen MR) is 32.6 cm³/mol. The van der Waals surface area contributed by atoms with Crippen molar-refractivity contribution in [1.82, 2.24) is 0 Å². The van der Waals surface area contributed by atoms with Crippen molar-refractivity contribution in [2.24, 2.45) is 4.40 Å². The Morgan fingerprint density at radius 2 is 2.36 bits per heavy atom. The zero-order valence-electron chi connectivity index (χ0n) is 5.22. The second kappa shape index (κ2) is 2.51. The summed E-state index contributed by atoms with van der Waals surface area (Å²) >= 11 is 0. The van der Waals surface area contributed by atoms with E-state index in [2.05, 4.69) is 8.58 Å². The highest BCUT2D eigenvalue weighted by Gasteiger charge is 2.15. The molecule has 0 spiro atoms. The van der Waals surface area contributed by atoms with Crippen LogP contribution >= 0.6 is 0 Å². The molecule has 0 bridgehead atoms. The van der Waals surface area contributed by atoms with Gasteiger partial charge in [-0.2, -0.15) is 8.42 Å². The lowest BCUT2D eigenvalue weighted by Crippen LogP contribution is -2.23.